The molecule has 36 heavy (non-hydrogen) atoms. The number of benzene rings is 3. The van der Waals surface area contributed by atoms with E-state index in [1.165, 1.54) is 16.3 Å². The van der Waals surface area contributed by atoms with Gasteiger partial charge in [0, 0.05) is 11.1 Å². The van der Waals surface area contributed by atoms with Crippen LogP contribution in [0.1, 0.15) is 83.9 Å². The van der Waals surface area contributed by atoms with Gasteiger partial charge in [-0.15, -0.1) is 0 Å². The first-order valence-electron chi connectivity index (χ1n) is 13.0. The average molecular weight is 483 g/mol. The second-order valence-corrected chi connectivity index (χ2v) is 11.4. The van der Waals surface area contributed by atoms with E-state index in [-0.39, 0.29) is 22.3 Å². The van der Waals surface area contributed by atoms with Crippen molar-refractivity contribution in [1.82, 2.24) is 0 Å². The number of phenolic OH excluding ortho intramolecular Hbond substituents is 1. The summed E-state index contributed by atoms with van der Waals surface area (Å²) in [7, 11) is 0. The average Bonchev–Trinajstić information content (AvgIpc) is 2.84. The standard InChI is InChI=1S/C34H42O2/c1-8-15-27(28-20-13-22-30(32(28)36)33(3,4)5)31(35)23-14-21-29(34(6,7)9-2)26-19-12-17-24-16-10-11-18-25(24)26/h8,10-20,22-23,29,35-36H,9,21H2,1-7H3/b15-8-,23-14-,31-27-. The Morgan fingerprint density at radius 1 is 0.889 bits per heavy atom. The van der Waals surface area contributed by atoms with Crippen LogP contribution in [0, 0.1) is 5.41 Å². The van der Waals surface area contributed by atoms with Crippen LogP contribution in [0.5, 0.6) is 5.75 Å². The van der Waals surface area contributed by atoms with Gasteiger partial charge in [-0.25, -0.2) is 0 Å². The van der Waals surface area contributed by atoms with Crippen molar-refractivity contribution >= 4 is 16.3 Å². The Morgan fingerprint density at radius 2 is 1.56 bits per heavy atom. The predicted molar refractivity (Wildman–Crippen MR) is 156 cm³/mol. The minimum absolute atomic E-state index is 0.0826. The second-order valence-electron chi connectivity index (χ2n) is 11.4. The Hall–Kier alpha value is -3.26. The Balaban J connectivity index is 2.03. The molecule has 0 fully saturated rings. The highest BCUT2D eigenvalue weighted by Crippen LogP contribution is 2.43. The molecule has 0 aliphatic rings. The lowest BCUT2D eigenvalue weighted by atomic mass is 9.70. The van der Waals surface area contributed by atoms with E-state index in [9.17, 15) is 10.2 Å². The van der Waals surface area contributed by atoms with E-state index < -0.39 is 0 Å². The normalized spacial score (nSPS) is 14.5. The minimum Gasteiger partial charge on any atom is -0.507 e. The summed E-state index contributed by atoms with van der Waals surface area (Å²) in [6, 6.07) is 20.9. The number of hydrogen-bond acceptors (Lipinski definition) is 2. The topological polar surface area (TPSA) is 40.5 Å². The van der Waals surface area contributed by atoms with E-state index in [1.54, 1.807) is 6.08 Å². The summed E-state index contributed by atoms with van der Waals surface area (Å²) in [4.78, 5) is 0. The molecule has 0 bridgehead atoms. The third-order valence-corrected chi connectivity index (χ3v) is 7.44. The Bertz CT molecular complexity index is 1280. The Morgan fingerprint density at radius 3 is 2.22 bits per heavy atom. The van der Waals surface area contributed by atoms with Gasteiger partial charge >= 0.3 is 0 Å². The molecule has 1 atom stereocenters. The number of allylic oxidation sites excluding steroid dienone is 5. The number of phenols is 1. The van der Waals surface area contributed by atoms with Crippen LogP contribution < -0.4 is 0 Å². The number of fused-ring (bicyclic) bond motifs is 1. The highest BCUT2D eigenvalue weighted by Gasteiger charge is 2.29. The smallest absolute Gasteiger partial charge is 0.127 e. The molecule has 3 rings (SSSR count). The zero-order valence-corrected chi connectivity index (χ0v) is 23.0. The third-order valence-electron chi connectivity index (χ3n) is 7.44. The molecule has 190 valence electrons. The maximum Gasteiger partial charge on any atom is 0.127 e. The fourth-order valence-corrected chi connectivity index (χ4v) is 4.92. The molecule has 3 aromatic carbocycles. The Labute approximate surface area is 217 Å². The second kappa shape index (κ2) is 11.2. The van der Waals surface area contributed by atoms with Gasteiger partial charge in [0.05, 0.1) is 0 Å². The molecular weight excluding hydrogens is 440 g/mol. The molecule has 3 aromatic rings. The number of para-hydroxylation sites is 1. The summed E-state index contributed by atoms with van der Waals surface area (Å²) in [6.45, 7) is 15.0. The highest BCUT2D eigenvalue weighted by atomic mass is 16.3. The number of aliphatic hydroxyl groups is 1. The number of hydrogen-bond donors (Lipinski definition) is 2. The summed E-state index contributed by atoms with van der Waals surface area (Å²) in [5, 5.41) is 24.8. The molecule has 0 aliphatic carbocycles. The Kier molecular flexibility index (Phi) is 8.51. The van der Waals surface area contributed by atoms with Crippen molar-refractivity contribution in [2.45, 2.75) is 72.6 Å². The summed E-state index contributed by atoms with van der Waals surface area (Å²) in [5.74, 6) is 0.666. The van der Waals surface area contributed by atoms with E-state index in [2.05, 4.69) is 90.1 Å². The third kappa shape index (κ3) is 5.93. The molecule has 2 N–H and O–H groups in total. The molecular formula is C34H42O2. The van der Waals surface area contributed by atoms with Gasteiger partial charge in [-0.2, -0.15) is 0 Å². The summed E-state index contributed by atoms with van der Waals surface area (Å²) in [6.07, 6.45) is 9.47. The van der Waals surface area contributed by atoms with Gasteiger partial charge in [0.15, 0.2) is 0 Å². The van der Waals surface area contributed by atoms with Crippen molar-refractivity contribution in [3.63, 3.8) is 0 Å². The van der Waals surface area contributed by atoms with E-state index in [0.717, 1.165) is 18.4 Å². The van der Waals surface area contributed by atoms with Gasteiger partial charge in [-0.3, -0.25) is 0 Å². The fraction of sp³-hybridized carbons (Fsp3) is 0.353. The molecule has 1 unspecified atom stereocenters. The van der Waals surface area contributed by atoms with Gasteiger partial charge in [-0.1, -0.05) is 127 Å². The van der Waals surface area contributed by atoms with Gasteiger partial charge in [0.25, 0.3) is 0 Å². The van der Waals surface area contributed by atoms with E-state index in [4.69, 9.17) is 0 Å². The van der Waals surface area contributed by atoms with Crippen molar-refractivity contribution in [2.75, 3.05) is 0 Å². The monoisotopic (exact) mass is 482 g/mol. The molecule has 0 aromatic heterocycles. The van der Waals surface area contributed by atoms with Crippen molar-refractivity contribution in [3.05, 3.63) is 107 Å². The van der Waals surface area contributed by atoms with Crippen LogP contribution >= 0.6 is 0 Å². The number of aliphatic hydroxyl groups excluding tert-OH is 1. The van der Waals surface area contributed by atoms with E-state index in [0.29, 0.717) is 17.1 Å². The molecule has 0 amide bonds. The van der Waals surface area contributed by atoms with Crippen LogP contribution in [0.25, 0.3) is 16.3 Å². The lowest BCUT2D eigenvalue weighted by molar-refractivity contribution is 0.275. The summed E-state index contributed by atoms with van der Waals surface area (Å²) >= 11 is 0. The zero-order valence-electron chi connectivity index (χ0n) is 23.0. The van der Waals surface area contributed by atoms with Gasteiger partial charge in [0.2, 0.25) is 0 Å². The van der Waals surface area contributed by atoms with Gasteiger partial charge in [-0.05, 0) is 58.1 Å². The lowest BCUT2D eigenvalue weighted by Crippen LogP contribution is -2.21. The summed E-state index contributed by atoms with van der Waals surface area (Å²) < 4.78 is 0. The molecule has 0 saturated carbocycles. The number of aromatic hydroxyl groups is 1. The number of rotatable bonds is 8. The zero-order chi connectivity index (χ0) is 26.5. The largest absolute Gasteiger partial charge is 0.507 e. The van der Waals surface area contributed by atoms with E-state index >= 15 is 0 Å². The molecule has 0 heterocycles. The molecule has 0 saturated heterocycles. The predicted octanol–water partition coefficient (Wildman–Crippen LogP) is 9.85. The molecule has 2 heteroatoms. The first kappa shape index (κ1) is 27.3. The highest BCUT2D eigenvalue weighted by molar-refractivity contribution is 5.86. The van der Waals surface area contributed by atoms with Crippen LogP contribution in [0.4, 0.5) is 0 Å². The summed E-state index contributed by atoms with van der Waals surface area (Å²) in [5.41, 5.74) is 3.34. The van der Waals surface area contributed by atoms with Crippen molar-refractivity contribution in [2.24, 2.45) is 5.41 Å². The van der Waals surface area contributed by atoms with Gasteiger partial charge < -0.3 is 10.2 Å². The first-order valence-corrected chi connectivity index (χ1v) is 13.0. The minimum atomic E-state index is -0.204. The van der Waals surface area contributed by atoms with E-state index in [1.807, 2.05) is 37.3 Å². The van der Waals surface area contributed by atoms with Crippen LogP contribution in [0.2, 0.25) is 0 Å². The molecule has 0 aliphatic heterocycles. The van der Waals surface area contributed by atoms with Crippen molar-refractivity contribution in [3.8, 4) is 5.75 Å². The first-order chi connectivity index (χ1) is 17.0. The van der Waals surface area contributed by atoms with Crippen LogP contribution in [0.15, 0.2) is 90.7 Å². The van der Waals surface area contributed by atoms with Crippen LogP contribution in [-0.4, -0.2) is 10.2 Å². The maximum absolute atomic E-state index is 11.2. The SMILES string of the molecule is C\C=C/C(=C(O)\C=C/CC(c1cccc2ccccc12)C(C)(C)CC)c1cccc(C(C)(C)C)c1O. The quantitative estimate of drug-likeness (QED) is 0.248. The molecule has 0 radical (unpaired) electrons. The van der Waals surface area contributed by atoms with Crippen LogP contribution in [0.3, 0.4) is 0 Å². The molecule has 2 nitrogen and oxygen atoms in total. The van der Waals surface area contributed by atoms with Crippen molar-refractivity contribution < 1.29 is 10.2 Å². The van der Waals surface area contributed by atoms with Crippen molar-refractivity contribution in [1.29, 1.82) is 0 Å². The van der Waals surface area contributed by atoms with Crippen LogP contribution in [-0.2, 0) is 5.41 Å². The van der Waals surface area contributed by atoms with Gasteiger partial charge in [0.1, 0.15) is 11.5 Å². The fourth-order valence-electron chi connectivity index (χ4n) is 4.92. The lowest BCUT2D eigenvalue weighted by Gasteiger charge is -2.34. The molecule has 0 spiro atoms. The maximum atomic E-state index is 11.2.